The molecule has 0 amide bonds. The van der Waals surface area contributed by atoms with Gasteiger partial charge >= 0.3 is 5.97 Å². The molecule has 3 heteroatoms. The maximum atomic E-state index is 12.7. The van der Waals surface area contributed by atoms with Crippen molar-refractivity contribution >= 4 is 5.97 Å². The van der Waals surface area contributed by atoms with Crippen LogP contribution in [0.25, 0.3) is 0 Å². The lowest BCUT2D eigenvalue weighted by Crippen LogP contribution is -2.41. The van der Waals surface area contributed by atoms with E-state index in [2.05, 4.69) is 48.3 Å². The third kappa shape index (κ3) is 5.68. The van der Waals surface area contributed by atoms with Crippen molar-refractivity contribution in [1.29, 1.82) is 0 Å². The number of methoxy groups -OCH3 is 1. The normalized spacial score (nSPS) is 13.8. The van der Waals surface area contributed by atoms with Crippen LogP contribution in [0.3, 0.4) is 0 Å². The Balaban J connectivity index is 1.90. The summed E-state index contributed by atoms with van der Waals surface area (Å²) < 4.78 is 5.12. The minimum atomic E-state index is -0.539. The molecule has 154 valence electrons. The van der Waals surface area contributed by atoms with Crippen LogP contribution in [-0.4, -0.2) is 19.1 Å². The standard InChI is InChI=1S/C27H29NO2/c1-3-24(22-15-9-5-10-16-22)25(20-19-21-13-7-4-8-14-21)28-26(27(29)30-2)23-17-11-6-12-18-23/h3-18,24-26,28H,1,19-20H2,2H3/t24-,25+,26-/m0/s1. The highest BCUT2D eigenvalue weighted by molar-refractivity contribution is 5.77. The fraction of sp³-hybridized carbons (Fsp3) is 0.222. The molecule has 0 saturated carbocycles. The van der Waals surface area contributed by atoms with Gasteiger partial charge in [-0.3, -0.25) is 5.32 Å². The maximum Gasteiger partial charge on any atom is 0.327 e. The minimum Gasteiger partial charge on any atom is -0.468 e. The molecule has 3 atom stereocenters. The Morgan fingerprint density at radius 3 is 1.97 bits per heavy atom. The van der Waals surface area contributed by atoms with Crippen molar-refractivity contribution in [1.82, 2.24) is 5.32 Å². The van der Waals surface area contributed by atoms with E-state index in [-0.39, 0.29) is 17.9 Å². The number of benzene rings is 3. The number of esters is 1. The second-order valence-electron chi connectivity index (χ2n) is 7.34. The van der Waals surface area contributed by atoms with Gasteiger partial charge in [0.25, 0.3) is 0 Å². The number of nitrogens with one attached hydrogen (secondary N) is 1. The molecule has 30 heavy (non-hydrogen) atoms. The first-order chi connectivity index (χ1) is 14.7. The van der Waals surface area contributed by atoms with Crippen molar-refractivity contribution < 1.29 is 9.53 Å². The van der Waals surface area contributed by atoms with Crippen LogP contribution in [0.4, 0.5) is 0 Å². The van der Waals surface area contributed by atoms with Crippen LogP contribution >= 0.6 is 0 Å². The molecular weight excluding hydrogens is 370 g/mol. The van der Waals surface area contributed by atoms with E-state index in [1.807, 2.05) is 60.7 Å². The van der Waals surface area contributed by atoms with E-state index in [1.165, 1.54) is 18.2 Å². The van der Waals surface area contributed by atoms with Gasteiger partial charge in [-0.15, -0.1) is 6.58 Å². The number of hydrogen-bond acceptors (Lipinski definition) is 3. The molecule has 3 nitrogen and oxygen atoms in total. The molecule has 3 rings (SSSR count). The average Bonchev–Trinajstić information content (AvgIpc) is 2.82. The van der Waals surface area contributed by atoms with Gasteiger partial charge in [0.05, 0.1) is 7.11 Å². The second kappa shape index (κ2) is 11.1. The number of carbonyl (C=O) groups excluding carboxylic acids is 1. The van der Waals surface area contributed by atoms with Crippen LogP contribution in [-0.2, 0) is 16.0 Å². The summed E-state index contributed by atoms with van der Waals surface area (Å²) in [5.74, 6) is -0.229. The Morgan fingerprint density at radius 2 is 1.43 bits per heavy atom. The molecule has 0 radical (unpaired) electrons. The summed E-state index contributed by atoms with van der Waals surface area (Å²) in [5, 5.41) is 3.60. The maximum absolute atomic E-state index is 12.7. The van der Waals surface area contributed by atoms with Crippen molar-refractivity contribution in [2.45, 2.75) is 30.8 Å². The quantitative estimate of drug-likeness (QED) is 0.363. The first-order valence-corrected chi connectivity index (χ1v) is 10.3. The van der Waals surface area contributed by atoms with Crippen molar-refractivity contribution in [2.24, 2.45) is 0 Å². The Kier molecular flexibility index (Phi) is 7.99. The van der Waals surface area contributed by atoms with E-state index in [0.29, 0.717) is 0 Å². The van der Waals surface area contributed by atoms with Gasteiger partial charge in [0.1, 0.15) is 6.04 Å². The fourth-order valence-electron chi connectivity index (χ4n) is 3.82. The van der Waals surface area contributed by atoms with Gasteiger partial charge < -0.3 is 4.74 Å². The Hall–Kier alpha value is -3.17. The minimum absolute atomic E-state index is 0.00872. The molecule has 0 fully saturated rings. The largest absolute Gasteiger partial charge is 0.468 e. The molecular formula is C27H29NO2. The van der Waals surface area contributed by atoms with Crippen LogP contribution in [0.15, 0.2) is 104 Å². The summed E-state index contributed by atoms with van der Waals surface area (Å²) in [7, 11) is 1.43. The Bertz CT molecular complexity index is 909. The highest BCUT2D eigenvalue weighted by Crippen LogP contribution is 2.27. The van der Waals surface area contributed by atoms with Gasteiger partial charge in [0.2, 0.25) is 0 Å². The highest BCUT2D eigenvalue weighted by atomic mass is 16.5. The summed E-state index contributed by atoms with van der Waals surface area (Å²) in [6, 6.07) is 29.9. The molecule has 0 aliphatic rings. The predicted octanol–water partition coefficient (Wildman–Crippen LogP) is 5.46. The smallest absolute Gasteiger partial charge is 0.327 e. The summed E-state index contributed by atoms with van der Waals surface area (Å²) in [6.45, 7) is 4.10. The SMILES string of the molecule is C=C[C@@H](c1ccccc1)[C@@H](CCc1ccccc1)N[C@H](C(=O)OC)c1ccccc1. The van der Waals surface area contributed by atoms with E-state index in [1.54, 1.807) is 0 Å². The number of ether oxygens (including phenoxy) is 1. The summed E-state index contributed by atoms with van der Waals surface area (Å²) in [6.07, 6.45) is 3.73. The van der Waals surface area contributed by atoms with E-state index >= 15 is 0 Å². The van der Waals surface area contributed by atoms with Crippen LogP contribution < -0.4 is 5.32 Å². The second-order valence-corrected chi connectivity index (χ2v) is 7.34. The molecule has 0 aliphatic heterocycles. The highest BCUT2D eigenvalue weighted by Gasteiger charge is 2.28. The molecule has 0 aromatic heterocycles. The number of hydrogen-bond donors (Lipinski definition) is 1. The molecule has 0 spiro atoms. The lowest BCUT2D eigenvalue weighted by atomic mass is 9.87. The van der Waals surface area contributed by atoms with Gasteiger partial charge in [-0.1, -0.05) is 97.1 Å². The van der Waals surface area contributed by atoms with Gasteiger partial charge in [-0.05, 0) is 29.5 Å². The number of carbonyl (C=O) groups is 1. The molecule has 0 unspecified atom stereocenters. The lowest BCUT2D eigenvalue weighted by Gasteiger charge is -2.30. The molecule has 0 heterocycles. The Labute approximate surface area is 179 Å². The van der Waals surface area contributed by atoms with Crippen LogP contribution in [0.5, 0.6) is 0 Å². The van der Waals surface area contributed by atoms with Crippen LogP contribution in [0.2, 0.25) is 0 Å². The van der Waals surface area contributed by atoms with E-state index in [0.717, 1.165) is 18.4 Å². The van der Waals surface area contributed by atoms with Crippen LogP contribution in [0, 0.1) is 0 Å². The molecule has 1 N–H and O–H groups in total. The van der Waals surface area contributed by atoms with Gasteiger partial charge in [-0.2, -0.15) is 0 Å². The van der Waals surface area contributed by atoms with Crippen molar-refractivity contribution in [3.05, 3.63) is 120 Å². The monoisotopic (exact) mass is 399 g/mol. The number of aryl methyl sites for hydroxylation is 1. The van der Waals surface area contributed by atoms with E-state index in [9.17, 15) is 4.79 Å². The molecule has 0 saturated heterocycles. The molecule has 3 aromatic rings. The number of rotatable bonds is 10. The lowest BCUT2D eigenvalue weighted by molar-refractivity contribution is -0.143. The first-order valence-electron chi connectivity index (χ1n) is 10.3. The molecule has 3 aromatic carbocycles. The average molecular weight is 400 g/mol. The van der Waals surface area contributed by atoms with Gasteiger partial charge in [0.15, 0.2) is 0 Å². The van der Waals surface area contributed by atoms with Gasteiger partial charge in [-0.25, -0.2) is 4.79 Å². The van der Waals surface area contributed by atoms with Crippen molar-refractivity contribution in [3.63, 3.8) is 0 Å². The molecule has 0 aliphatic carbocycles. The molecule has 0 bridgehead atoms. The third-order valence-corrected chi connectivity index (χ3v) is 5.41. The summed E-state index contributed by atoms with van der Waals surface area (Å²) in [4.78, 5) is 12.7. The Morgan fingerprint density at radius 1 is 0.900 bits per heavy atom. The van der Waals surface area contributed by atoms with E-state index in [4.69, 9.17) is 4.74 Å². The van der Waals surface area contributed by atoms with Crippen LogP contribution in [0.1, 0.15) is 35.1 Å². The van der Waals surface area contributed by atoms with Gasteiger partial charge in [0, 0.05) is 12.0 Å². The zero-order chi connectivity index (χ0) is 21.2. The summed E-state index contributed by atoms with van der Waals surface area (Å²) in [5.41, 5.74) is 3.34. The first kappa shape index (κ1) is 21.5. The topological polar surface area (TPSA) is 38.3 Å². The third-order valence-electron chi connectivity index (χ3n) is 5.41. The summed E-state index contributed by atoms with van der Waals surface area (Å²) >= 11 is 0. The van der Waals surface area contributed by atoms with E-state index < -0.39 is 6.04 Å². The fourth-order valence-corrected chi connectivity index (χ4v) is 3.82. The zero-order valence-electron chi connectivity index (χ0n) is 17.4. The predicted molar refractivity (Wildman–Crippen MR) is 122 cm³/mol. The zero-order valence-corrected chi connectivity index (χ0v) is 17.4. The van der Waals surface area contributed by atoms with Crippen molar-refractivity contribution in [2.75, 3.05) is 7.11 Å². The van der Waals surface area contributed by atoms with Crippen molar-refractivity contribution in [3.8, 4) is 0 Å².